The highest BCUT2D eigenvalue weighted by molar-refractivity contribution is 9.10. The molecule has 1 aromatic carbocycles. The van der Waals surface area contributed by atoms with Gasteiger partial charge in [0.15, 0.2) is 18.1 Å². The van der Waals surface area contributed by atoms with Crippen LogP contribution in [0.4, 0.5) is 5.82 Å². The largest absolute Gasteiger partial charge is 0.497 e. The maximum absolute atomic E-state index is 11.8. The Morgan fingerprint density at radius 3 is 2.71 bits per heavy atom. The molecule has 2 aromatic heterocycles. The fourth-order valence-corrected chi connectivity index (χ4v) is 5.13. The lowest BCUT2D eigenvalue weighted by Gasteiger charge is -2.24. The highest BCUT2D eigenvalue weighted by atomic mass is 79.9. The smallest absolute Gasteiger partial charge is 0.335 e. The first-order chi connectivity index (χ1) is 16.7. The number of benzene rings is 1. The van der Waals surface area contributed by atoms with Gasteiger partial charge in [-0.05, 0) is 41.9 Å². The summed E-state index contributed by atoms with van der Waals surface area (Å²) in [6, 6.07) is 5.59. The van der Waals surface area contributed by atoms with Gasteiger partial charge in [0.2, 0.25) is 0 Å². The number of nitrogens with zero attached hydrogens (tertiary/aromatic N) is 3. The molecule has 4 atom stereocenters. The second kappa shape index (κ2) is 8.94. The molecule has 2 N–H and O–H groups in total. The fourth-order valence-electron chi connectivity index (χ4n) is 4.54. The van der Waals surface area contributed by atoms with Crippen molar-refractivity contribution in [2.75, 3.05) is 19.5 Å². The monoisotopic (exact) mass is 548 g/mol. The Balaban J connectivity index is 1.47. The second-order valence-electron chi connectivity index (χ2n) is 8.69. The van der Waals surface area contributed by atoms with Gasteiger partial charge in [0.05, 0.1) is 19.6 Å². The maximum Gasteiger partial charge on any atom is 0.335 e. The highest BCUT2D eigenvalue weighted by Crippen LogP contribution is 2.45. The third kappa shape index (κ3) is 4.20. The third-order valence-corrected chi connectivity index (χ3v) is 6.65. The molecule has 186 valence electrons. The van der Waals surface area contributed by atoms with Crippen LogP contribution in [0.25, 0.3) is 11.0 Å². The molecule has 0 spiro atoms. The number of hydrogen-bond donors (Lipinski definition) is 2. The maximum atomic E-state index is 11.8. The van der Waals surface area contributed by atoms with E-state index in [0.717, 1.165) is 15.4 Å². The van der Waals surface area contributed by atoms with Gasteiger partial charge in [0, 0.05) is 28.8 Å². The predicted octanol–water partition coefficient (Wildman–Crippen LogP) is 3.33. The van der Waals surface area contributed by atoms with Gasteiger partial charge in [0.25, 0.3) is 0 Å². The van der Waals surface area contributed by atoms with E-state index in [9.17, 15) is 9.90 Å². The Labute approximate surface area is 209 Å². The summed E-state index contributed by atoms with van der Waals surface area (Å²) in [5, 5.41) is 13.7. The molecular weight excluding hydrogens is 524 g/mol. The Morgan fingerprint density at radius 1 is 1.23 bits per heavy atom. The van der Waals surface area contributed by atoms with Crippen LogP contribution in [0.1, 0.15) is 25.6 Å². The number of hydrogen-bond acceptors (Lipinski definition) is 9. The number of anilines is 1. The topological polar surface area (TPSA) is 126 Å². The summed E-state index contributed by atoms with van der Waals surface area (Å²) in [5.41, 5.74) is 1.47. The summed E-state index contributed by atoms with van der Waals surface area (Å²) < 4.78 is 31.0. The number of methoxy groups -OCH3 is 2. The molecule has 2 fully saturated rings. The van der Waals surface area contributed by atoms with E-state index in [1.54, 1.807) is 38.8 Å². The van der Waals surface area contributed by atoms with E-state index in [1.165, 1.54) is 6.33 Å². The lowest BCUT2D eigenvalue weighted by Crippen LogP contribution is -2.35. The van der Waals surface area contributed by atoms with Crippen molar-refractivity contribution < 1.29 is 33.6 Å². The molecule has 2 aliphatic heterocycles. The summed E-state index contributed by atoms with van der Waals surface area (Å²) in [7, 11) is 3.21. The van der Waals surface area contributed by atoms with E-state index in [2.05, 4.69) is 31.2 Å². The minimum absolute atomic E-state index is 0.438. The first-order valence-electron chi connectivity index (χ1n) is 10.9. The number of aliphatic carboxylic acids is 1. The second-order valence-corrected chi connectivity index (χ2v) is 9.54. The molecule has 0 saturated carbocycles. The van der Waals surface area contributed by atoms with Gasteiger partial charge in [-0.25, -0.2) is 14.8 Å². The number of rotatable bonds is 7. The summed E-state index contributed by atoms with van der Waals surface area (Å²) in [6.07, 6.45) is -0.0463. The van der Waals surface area contributed by atoms with Crippen molar-refractivity contribution in [1.82, 2.24) is 14.5 Å². The summed E-state index contributed by atoms with van der Waals surface area (Å²) in [5.74, 6) is -0.0586. The first-order valence-corrected chi connectivity index (χ1v) is 11.7. The first kappa shape index (κ1) is 23.8. The van der Waals surface area contributed by atoms with Gasteiger partial charge in [-0.15, -0.1) is 0 Å². The van der Waals surface area contributed by atoms with Crippen molar-refractivity contribution in [3.63, 3.8) is 0 Å². The number of carboxylic acids is 1. The lowest BCUT2D eigenvalue weighted by atomic mass is 10.1. The molecule has 0 amide bonds. The van der Waals surface area contributed by atoms with Gasteiger partial charge in [-0.2, -0.15) is 0 Å². The summed E-state index contributed by atoms with van der Waals surface area (Å²) in [6.45, 7) is 3.94. The molecule has 2 saturated heterocycles. The van der Waals surface area contributed by atoms with Crippen molar-refractivity contribution in [3.05, 3.63) is 40.8 Å². The van der Waals surface area contributed by atoms with E-state index >= 15 is 0 Å². The van der Waals surface area contributed by atoms with E-state index in [1.807, 2.05) is 18.2 Å². The van der Waals surface area contributed by atoms with Gasteiger partial charge in [-0.1, -0.05) is 0 Å². The van der Waals surface area contributed by atoms with Gasteiger partial charge in [-0.3, -0.25) is 0 Å². The molecule has 0 bridgehead atoms. The molecule has 0 aliphatic carbocycles. The normalized spacial score (nSPS) is 24.9. The van der Waals surface area contributed by atoms with Crippen LogP contribution in [0.5, 0.6) is 11.5 Å². The molecule has 5 rings (SSSR count). The SMILES string of the molecule is COc1ccc(CNc2ncnc3c2c(Br)cn3[C@@H]2O[C@H](C(=O)O)[C@H]3OC(C)(C)O[C@H]32)c(OC)c1. The molecule has 3 aromatic rings. The van der Waals surface area contributed by atoms with Crippen molar-refractivity contribution in [2.24, 2.45) is 0 Å². The van der Waals surface area contributed by atoms with Gasteiger partial charge >= 0.3 is 5.97 Å². The Bertz CT molecular complexity index is 1280. The van der Waals surface area contributed by atoms with Crippen LogP contribution < -0.4 is 14.8 Å². The Morgan fingerprint density at radius 2 is 2.00 bits per heavy atom. The van der Waals surface area contributed by atoms with Crippen LogP contribution in [0.3, 0.4) is 0 Å². The Kier molecular flexibility index (Phi) is 6.08. The zero-order valence-electron chi connectivity index (χ0n) is 19.5. The number of nitrogens with one attached hydrogen (secondary N) is 1. The van der Waals surface area contributed by atoms with E-state index in [-0.39, 0.29) is 0 Å². The number of fused-ring (bicyclic) bond motifs is 2. The number of carbonyl (C=O) groups is 1. The lowest BCUT2D eigenvalue weighted by molar-refractivity contribution is -0.202. The van der Waals surface area contributed by atoms with E-state index < -0.39 is 36.3 Å². The molecule has 12 heteroatoms. The van der Waals surface area contributed by atoms with Crippen LogP contribution in [-0.2, 0) is 25.5 Å². The predicted molar refractivity (Wildman–Crippen MR) is 127 cm³/mol. The van der Waals surface area contributed by atoms with Crippen molar-refractivity contribution in [2.45, 2.75) is 50.7 Å². The number of carboxylic acid groups (broad SMARTS) is 1. The minimum atomic E-state index is -1.16. The van der Waals surface area contributed by atoms with Crippen LogP contribution in [0, 0.1) is 0 Å². The number of halogens is 1. The minimum Gasteiger partial charge on any atom is -0.497 e. The van der Waals surface area contributed by atoms with E-state index in [0.29, 0.717) is 29.5 Å². The average molecular weight is 549 g/mol. The zero-order chi connectivity index (χ0) is 24.9. The summed E-state index contributed by atoms with van der Waals surface area (Å²) in [4.78, 5) is 20.7. The standard InChI is InChI=1S/C23H25BrN4O7/c1-23(2)34-16-17(35-23)21(33-18(16)22(29)30)28-9-13(24)15-19(26-10-27-20(15)28)25-8-11-5-6-12(31-3)7-14(11)32-4/h5-7,9-10,16-18,21H,8H2,1-4H3,(H,29,30)(H,25,26,27)/t16-,17+,18-,21+/m0/s1. The van der Waals surface area contributed by atoms with Gasteiger partial charge < -0.3 is 38.7 Å². The van der Waals surface area contributed by atoms with Crippen LogP contribution in [-0.4, -0.2) is 63.9 Å². The van der Waals surface area contributed by atoms with Crippen LogP contribution in [0.15, 0.2) is 35.2 Å². The highest BCUT2D eigenvalue weighted by Gasteiger charge is 2.58. The van der Waals surface area contributed by atoms with Gasteiger partial charge in [0.1, 0.15) is 41.5 Å². The molecule has 0 unspecified atom stereocenters. The van der Waals surface area contributed by atoms with E-state index in [4.69, 9.17) is 23.7 Å². The molecule has 4 heterocycles. The summed E-state index contributed by atoms with van der Waals surface area (Å²) >= 11 is 3.60. The molecule has 11 nitrogen and oxygen atoms in total. The van der Waals surface area contributed by atoms with Crippen molar-refractivity contribution in [1.29, 1.82) is 0 Å². The Hall–Kier alpha value is -2.93. The quantitative estimate of drug-likeness (QED) is 0.453. The third-order valence-electron chi connectivity index (χ3n) is 6.05. The molecule has 0 radical (unpaired) electrons. The van der Waals surface area contributed by atoms with Crippen LogP contribution in [0.2, 0.25) is 0 Å². The number of aromatic nitrogens is 3. The average Bonchev–Trinajstić information content (AvgIpc) is 3.45. The molecule has 35 heavy (non-hydrogen) atoms. The molecular formula is C23H25BrN4O7. The number of ether oxygens (including phenoxy) is 5. The molecule has 2 aliphatic rings. The van der Waals surface area contributed by atoms with Crippen molar-refractivity contribution >= 4 is 38.8 Å². The van der Waals surface area contributed by atoms with Crippen molar-refractivity contribution in [3.8, 4) is 11.5 Å². The van der Waals surface area contributed by atoms with Crippen LogP contribution >= 0.6 is 15.9 Å². The zero-order valence-corrected chi connectivity index (χ0v) is 21.1. The fraction of sp³-hybridized carbons (Fsp3) is 0.435.